The van der Waals surface area contributed by atoms with Gasteiger partial charge in [0.05, 0.1) is 12.2 Å². The summed E-state index contributed by atoms with van der Waals surface area (Å²) < 4.78 is 6.50. The van der Waals surface area contributed by atoms with Gasteiger partial charge in [-0.2, -0.15) is 0 Å². The Kier molecular flexibility index (Phi) is 5.93. The van der Waals surface area contributed by atoms with Gasteiger partial charge in [-0.1, -0.05) is 15.9 Å². The monoisotopic (exact) mass is 316 g/mol. The van der Waals surface area contributed by atoms with Gasteiger partial charge in [-0.15, -0.1) is 10.5 Å². The lowest BCUT2D eigenvalue weighted by Gasteiger charge is -2.05. The largest absolute Gasteiger partial charge is 0.493 e. The van der Waals surface area contributed by atoms with Crippen LogP contribution in [0.1, 0.15) is 12.5 Å². The maximum atomic E-state index is 5.51. The maximum Gasteiger partial charge on any atom is 0.223 e. The maximum absolute atomic E-state index is 5.51. The van der Waals surface area contributed by atoms with E-state index in [-0.39, 0.29) is 0 Å². The average Bonchev–Trinajstić information content (AvgIpc) is 2.32. The van der Waals surface area contributed by atoms with Crippen LogP contribution in [0.3, 0.4) is 0 Å². The second-order valence-electron chi connectivity index (χ2n) is 3.11. The van der Waals surface area contributed by atoms with Gasteiger partial charge < -0.3 is 10.1 Å². The molecule has 0 atom stereocenters. The van der Waals surface area contributed by atoms with Gasteiger partial charge in [0.2, 0.25) is 11.3 Å². The van der Waals surface area contributed by atoms with E-state index in [1.165, 1.54) is 0 Å². The van der Waals surface area contributed by atoms with E-state index in [1.54, 1.807) is 13.3 Å². The zero-order valence-electron chi connectivity index (χ0n) is 9.71. The molecule has 0 bridgehead atoms. The van der Waals surface area contributed by atoms with Crippen LogP contribution in [0, 0.1) is 0 Å². The first-order valence-corrected chi connectivity index (χ1v) is 6.36. The van der Waals surface area contributed by atoms with E-state index in [0.29, 0.717) is 11.7 Å². The summed E-state index contributed by atoms with van der Waals surface area (Å²) in [6, 6.07) is 5.81. The first-order valence-electron chi connectivity index (χ1n) is 5.16. The molecule has 0 aromatic heterocycles. The van der Waals surface area contributed by atoms with E-state index in [4.69, 9.17) is 17.0 Å². The van der Waals surface area contributed by atoms with Crippen molar-refractivity contribution in [2.75, 3.05) is 13.7 Å². The van der Waals surface area contributed by atoms with Gasteiger partial charge in [-0.3, -0.25) is 0 Å². The van der Waals surface area contributed by atoms with E-state index in [0.717, 1.165) is 15.8 Å². The van der Waals surface area contributed by atoms with Crippen LogP contribution in [0.4, 0.5) is 0 Å². The van der Waals surface area contributed by atoms with E-state index in [1.807, 2.05) is 25.1 Å². The molecule has 0 amide bonds. The number of halogens is 1. The van der Waals surface area contributed by atoms with E-state index >= 15 is 0 Å². The zero-order chi connectivity index (χ0) is 12.7. The summed E-state index contributed by atoms with van der Waals surface area (Å²) in [5.74, 6) is 0.820. The summed E-state index contributed by atoms with van der Waals surface area (Å²) in [5.41, 5.74) is 3.75. The zero-order valence-corrected chi connectivity index (χ0v) is 12.1. The molecule has 0 heterocycles. The van der Waals surface area contributed by atoms with E-state index < -0.39 is 0 Å². The molecule has 0 spiro atoms. The minimum atomic E-state index is 0.522. The molecule has 17 heavy (non-hydrogen) atoms. The van der Waals surface area contributed by atoms with Crippen LogP contribution < -0.4 is 20.6 Å². The molecule has 3 N–H and O–H groups in total. The number of hydrogen-bond acceptors (Lipinski definition) is 2. The summed E-state index contributed by atoms with van der Waals surface area (Å²) in [6.07, 6.45) is 1.79. The predicted molar refractivity (Wildman–Crippen MR) is 76.2 cm³/mol. The number of hydrazine groups is 1. The molecule has 0 saturated carbocycles. The fourth-order valence-corrected chi connectivity index (χ4v) is 1.60. The molecular weight excluding hydrogens is 302 g/mol. The minimum Gasteiger partial charge on any atom is -0.493 e. The summed E-state index contributed by atoms with van der Waals surface area (Å²) >= 11 is 8.36. The summed E-state index contributed by atoms with van der Waals surface area (Å²) in [6.45, 7) is 2.58. The lowest BCUT2D eigenvalue weighted by Crippen LogP contribution is -2.82. The number of nitrogens with one attached hydrogen (secondary N) is 3. The van der Waals surface area contributed by atoms with Crippen LogP contribution in [0.15, 0.2) is 22.7 Å². The number of benzene rings is 1. The normalized spacial score (nSPS) is 10.3. The molecule has 1 rings (SSSR count). The van der Waals surface area contributed by atoms with Crippen molar-refractivity contribution in [2.24, 2.45) is 0 Å². The van der Waals surface area contributed by atoms with Crippen molar-refractivity contribution >= 4 is 39.5 Å². The van der Waals surface area contributed by atoms with Gasteiger partial charge in [-0.05, 0) is 37.3 Å². The molecule has 4 nitrogen and oxygen atoms in total. The molecule has 92 valence electrons. The summed E-state index contributed by atoms with van der Waals surface area (Å²) in [5, 5.41) is 6.22. The van der Waals surface area contributed by atoms with Crippen molar-refractivity contribution in [1.29, 1.82) is 0 Å². The molecule has 6 heteroatoms. The number of ether oxygens (including phenoxy) is 1. The van der Waals surface area contributed by atoms with Gasteiger partial charge in [0.15, 0.2) is 0 Å². The third-order valence-corrected chi connectivity index (χ3v) is 2.71. The topological polar surface area (TPSA) is 47.3 Å². The molecule has 0 fully saturated rings. The van der Waals surface area contributed by atoms with Gasteiger partial charge in [-0.25, -0.2) is 0 Å². The fourth-order valence-electron chi connectivity index (χ4n) is 1.16. The Hall–Kier alpha value is -1.14. The van der Waals surface area contributed by atoms with Crippen molar-refractivity contribution in [3.8, 4) is 5.75 Å². The van der Waals surface area contributed by atoms with E-state index in [2.05, 4.69) is 31.8 Å². The Morgan fingerprint density at radius 3 is 3.00 bits per heavy atom. The van der Waals surface area contributed by atoms with Crippen LogP contribution in [0.25, 0.3) is 0 Å². The quantitative estimate of drug-likeness (QED) is 0.426. The SMILES string of the molecule is CCOc1ccc(Br)cc1C=[NH+]NC(=S)NC. The highest BCUT2D eigenvalue weighted by atomic mass is 79.9. The second kappa shape index (κ2) is 7.24. The Labute approximate surface area is 115 Å². The lowest BCUT2D eigenvalue weighted by atomic mass is 10.2. The van der Waals surface area contributed by atoms with Crippen molar-refractivity contribution in [3.05, 3.63) is 28.2 Å². The molecular formula is C11H15BrN3OS+. The van der Waals surface area contributed by atoms with E-state index in [9.17, 15) is 0 Å². The molecule has 0 aliphatic heterocycles. The van der Waals surface area contributed by atoms with Crippen LogP contribution in [-0.4, -0.2) is 25.0 Å². The molecule has 0 aliphatic rings. The first kappa shape index (κ1) is 13.9. The van der Waals surface area contributed by atoms with Crippen molar-refractivity contribution in [3.63, 3.8) is 0 Å². The molecule has 0 radical (unpaired) electrons. The Morgan fingerprint density at radius 1 is 1.59 bits per heavy atom. The van der Waals surface area contributed by atoms with Crippen LogP contribution in [0.5, 0.6) is 5.75 Å². The standard InChI is InChI=1S/C11H14BrN3OS/c1-3-16-10-5-4-9(12)6-8(10)7-14-15-11(17)13-2/h4-7H,3H2,1-2H3,(H2,13,15,17)/p+1. The van der Waals surface area contributed by atoms with Crippen molar-refractivity contribution in [2.45, 2.75) is 6.92 Å². The number of hydrazone groups is 1. The minimum absolute atomic E-state index is 0.522. The molecule has 0 aliphatic carbocycles. The van der Waals surface area contributed by atoms with Gasteiger partial charge in [0.25, 0.3) is 0 Å². The molecule has 1 aromatic rings. The van der Waals surface area contributed by atoms with Crippen LogP contribution >= 0.6 is 28.1 Å². The van der Waals surface area contributed by atoms with Gasteiger partial charge in [0.1, 0.15) is 5.75 Å². The number of hydrogen-bond donors (Lipinski definition) is 3. The highest BCUT2D eigenvalue weighted by Gasteiger charge is 2.04. The van der Waals surface area contributed by atoms with Crippen molar-refractivity contribution in [1.82, 2.24) is 10.7 Å². The third-order valence-electron chi connectivity index (χ3n) is 1.91. The average molecular weight is 317 g/mol. The smallest absolute Gasteiger partial charge is 0.223 e. The van der Waals surface area contributed by atoms with Crippen molar-refractivity contribution < 1.29 is 9.84 Å². The first-order chi connectivity index (χ1) is 8.17. The molecule has 0 unspecified atom stereocenters. The summed E-state index contributed by atoms with van der Waals surface area (Å²) in [7, 11) is 1.75. The highest BCUT2D eigenvalue weighted by Crippen LogP contribution is 2.20. The molecule has 0 saturated heterocycles. The second-order valence-corrected chi connectivity index (χ2v) is 4.43. The number of thiocarbonyl (C=S) groups is 1. The van der Waals surface area contributed by atoms with Crippen LogP contribution in [-0.2, 0) is 0 Å². The Bertz CT molecular complexity index is 423. The van der Waals surface area contributed by atoms with Crippen LogP contribution in [0.2, 0.25) is 0 Å². The fraction of sp³-hybridized carbons (Fsp3) is 0.273. The summed E-state index contributed by atoms with van der Waals surface area (Å²) in [4.78, 5) is 0. The molecule has 1 aromatic carbocycles. The third kappa shape index (κ3) is 4.70. The van der Waals surface area contributed by atoms with Gasteiger partial charge in [0, 0.05) is 11.5 Å². The predicted octanol–water partition coefficient (Wildman–Crippen LogP) is 0.356. The number of rotatable bonds is 4. The van der Waals surface area contributed by atoms with Gasteiger partial charge >= 0.3 is 0 Å². The lowest BCUT2D eigenvalue weighted by molar-refractivity contribution is -0.500. The Morgan fingerprint density at radius 2 is 2.35 bits per heavy atom. The highest BCUT2D eigenvalue weighted by molar-refractivity contribution is 9.10. The Balaban J connectivity index is 2.80.